The van der Waals surface area contributed by atoms with Gasteiger partial charge in [0, 0.05) is 30.6 Å². The zero-order valence-electron chi connectivity index (χ0n) is 14.2. The van der Waals surface area contributed by atoms with Crippen molar-refractivity contribution in [2.75, 3.05) is 19.8 Å². The molecule has 0 atom stereocenters. The van der Waals surface area contributed by atoms with Crippen LogP contribution in [0.5, 0.6) is 0 Å². The first-order valence-electron chi connectivity index (χ1n) is 8.58. The molecule has 4 rings (SSSR count). The van der Waals surface area contributed by atoms with E-state index in [0.29, 0.717) is 31.1 Å². The number of nitrogens with zero attached hydrogens (tertiary/aromatic N) is 2. The molecule has 6 nitrogen and oxygen atoms in total. The van der Waals surface area contributed by atoms with Gasteiger partial charge in [-0.15, -0.1) is 0 Å². The van der Waals surface area contributed by atoms with Crippen LogP contribution in [0.15, 0.2) is 42.6 Å². The zero-order chi connectivity index (χ0) is 18.0. The molecule has 3 heterocycles. The minimum Gasteiger partial charge on any atom is -0.381 e. The highest BCUT2D eigenvalue weighted by atomic mass is 19.1. The summed E-state index contributed by atoms with van der Waals surface area (Å²) >= 11 is 0. The number of hydrogen-bond donors (Lipinski definition) is 2. The number of halogens is 1. The minimum absolute atomic E-state index is 0.260. The van der Waals surface area contributed by atoms with Crippen molar-refractivity contribution in [3.8, 4) is 0 Å². The number of pyridine rings is 1. The number of aromatic amines is 1. The number of aromatic nitrogens is 3. The van der Waals surface area contributed by atoms with Crippen molar-refractivity contribution in [2.24, 2.45) is 0 Å². The predicted octanol–water partition coefficient (Wildman–Crippen LogP) is 2.58. The molecule has 26 heavy (non-hydrogen) atoms. The van der Waals surface area contributed by atoms with Crippen LogP contribution < -0.4 is 5.32 Å². The van der Waals surface area contributed by atoms with Gasteiger partial charge in [-0.25, -0.2) is 9.37 Å². The van der Waals surface area contributed by atoms with E-state index in [2.05, 4.69) is 20.5 Å². The highest BCUT2D eigenvalue weighted by molar-refractivity contribution is 5.94. The number of H-pyrrole nitrogens is 1. The molecule has 0 radical (unpaired) electrons. The monoisotopic (exact) mass is 354 g/mol. The summed E-state index contributed by atoms with van der Waals surface area (Å²) in [5, 5.41) is 10.5. The van der Waals surface area contributed by atoms with Crippen molar-refractivity contribution in [2.45, 2.75) is 18.3 Å². The second kappa shape index (κ2) is 6.84. The van der Waals surface area contributed by atoms with Crippen LogP contribution in [0, 0.1) is 5.82 Å². The smallest absolute Gasteiger partial charge is 0.269 e. The molecular weight excluding hydrogens is 335 g/mol. The third-order valence-electron chi connectivity index (χ3n) is 5.01. The lowest BCUT2D eigenvalue weighted by atomic mass is 9.74. The predicted molar refractivity (Wildman–Crippen MR) is 94.4 cm³/mol. The van der Waals surface area contributed by atoms with E-state index >= 15 is 0 Å². The van der Waals surface area contributed by atoms with Gasteiger partial charge in [-0.05, 0) is 42.7 Å². The van der Waals surface area contributed by atoms with Crippen LogP contribution in [0.4, 0.5) is 4.39 Å². The molecule has 2 aromatic heterocycles. The number of nitrogens with one attached hydrogen (secondary N) is 2. The van der Waals surface area contributed by atoms with E-state index in [1.165, 1.54) is 6.07 Å². The van der Waals surface area contributed by atoms with Gasteiger partial charge in [-0.2, -0.15) is 5.10 Å². The molecule has 0 saturated carbocycles. The Morgan fingerprint density at radius 1 is 1.27 bits per heavy atom. The van der Waals surface area contributed by atoms with Crippen molar-refractivity contribution in [3.05, 3.63) is 59.7 Å². The molecule has 134 valence electrons. The van der Waals surface area contributed by atoms with Crippen molar-refractivity contribution < 1.29 is 13.9 Å². The fraction of sp³-hybridized carbons (Fsp3) is 0.316. The molecule has 1 aliphatic rings. The Hall–Kier alpha value is -2.80. The summed E-state index contributed by atoms with van der Waals surface area (Å²) in [5.41, 5.74) is 1.44. The van der Waals surface area contributed by atoms with Crippen LogP contribution in [0.3, 0.4) is 0 Å². The van der Waals surface area contributed by atoms with Crippen LogP contribution in [-0.2, 0) is 10.2 Å². The highest BCUT2D eigenvalue weighted by Crippen LogP contribution is 2.34. The summed E-state index contributed by atoms with van der Waals surface area (Å²) < 4.78 is 19.2. The molecular formula is C19H19FN4O2. The van der Waals surface area contributed by atoms with E-state index in [1.807, 2.05) is 6.07 Å². The first kappa shape index (κ1) is 16.7. The summed E-state index contributed by atoms with van der Waals surface area (Å²) in [5.74, 6) is -0.533. The maximum absolute atomic E-state index is 13.7. The standard InChI is InChI=1S/C19H19FN4O2/c20-15-3-1-2-14(10-15)19(6-8-26-9-7-19)12-21-18(25)16-5-4-13-11-22-24-17(13)23-16/h1-5,10-11H,6-9,12H2,(H,21,25)(H,22,23,24). The largest absolute Gasteiger partial charge is 0.381 e. The molecule has 0 aliphatic carbocycles. The van der Waals surface area contributed by atoms with Crippen molar-refractivity contribution in [1.82, 2.24) is 20.5 Å². The summed E-state index contributed by atoms with van der Waals surface area (Å²) in [4.78, 5) is 16.9. The topological polar surface area (TPSA) is 79.9 Å². The molecule has 1 aliphatic heterocycles. The summed E-state index contributed by atoms with van der Waals surface area (Å²) in [6, 6.07) is 10.1. The fourth-order valence-electron chi connectivity index (χ4n) is 3.44. The molecule has 1 saturated heterocycles. The van der Waals surface area contributed by atoms with Crippen LogP contribution >= 0.6 is 0 Å². The van der Waals surface area contributed by atoms with Gasteiger partial charge < -0.3 is 10.1 Å². The van der Waals surface area contributed by atoms with E-state index in [-0.39, 0.29) is 17.1 Å². The number of carbonyl (C=O) groups excluding carboxylic acids is 1. The first-order valence-corrected chi connectivity index (χ1v) is 8.58. The Labute approximate surface area is 149 Å². The van der Waals surface area contributed by atoms with E-state index in [1.54, 1.807) is 30.5 Å². The molecule has 0 spiro atoms. The van der Waals surface area contributed by atoms with Gasteiger partial charge in [0.1, 0.15) is 11.5 Å². The van der Waals surface area contributed by atoms with E-state index in [4.69, 9.17) is 4.74 Å². The molecule has 7 heteroatoms. The Morgan fingerprint density at radius 3 is 2.92 bits per heavy atom. The number of amides is 1. The van der Waals surface area contributed by atoms with Gasteiger partial charge in [-0.3, -0.25) is 9.89 Å². The van der Waals surface area contributed by atoms with Gasteiger partial charge in [-0.1, -0.05) is 12.1 Å². The number of rotatable bonds is 4. The van der Waals surface area contributed by atoms with Gasteiger partial charge in [0.15, 0.2) is 5.65 Å². The molecule has 1 fully saturated rings. The first-order chi connectivity index (χ1) is 12.7. The van der Waals surface area contributed by atoms with Gasteiger partial charge in [0.05, 0.1) is 6.20 Å². The maximum Gasteiger partial charge on any atom is 0.269 e. The molecule has 0 bridgehead atoms. The van der Waals surface area contributed by atoms with Gasteiger partial charge in [0.25, 0.3) is 5.91 Å². The average Bonchev–Trinajstić information content (AvgIpc) is 3.14. The summed E-state index contributed by atoms with van der Waals surface area (Å²) in [6.07, 6.45) is 3.11. The van der Waals surface area contributed by atoms with Crippen molar-refractivity contribution in [1.29, 1.82) is 0 Å². The third-order valence-corrected chi connectivity index (χ3v) is 5.01. The lowest BCUT2D eigenvalue weighted by Crippen LogP contribution is -2.44. The number of hydrogen-bond acceptors (Lipinski definition) is 4. The van der Waals surface area contributed by atoms with Gasteiger partial charge in [0.2, 0.25) is 0 Å². The molecule has 1 aromatic carbocycles. The average molecular weight is 354 g/mol. The zero-order valence-corrected chi connectivity index (χ0v) is 14.2. The van der Waals surface area contributed by atoms with Crippen molar-refractivity contribution >= 4 is 16.9 Å². The second-order valence-electron chi connectivity index (χ2n) is 6.59. The Balaban J connectivity index is 1.55. The minimum atomic E-state index is -0.339. The molecule has 0 unspecified atom stereocenters. The summed E-state index contributed by atoms with van der Waals surface area (Å²) in [6.45, 7) is 1.58. The van der Waals surface area contributed by atoms with Crippen molar-refractivity contribution in [3.63, 3.8) is 0 Å². The Kier molecular flexibility index (Phi) is 4.38. The molecule has 1 amide bonds. The fourth-order valence-corrected chi connectivity index (χ4v) is 3.44. The molecule has 3 aromatic rings. The van der Waals surface area contributed by atoms with E-state index in [9.17, 15) is 9.18 Å². The summed E-state index contributed by atoms with van der Waals surface area (Å²) in [7, 11) is 0. The van der Waals surface area contributed by atoms with Gasteiger partial charge >= 0.3 is 0 Å². The highest BCUT2D eigenvalue weighted by Gasteiger charge is 2.35. The number of benzene rings is 1. The van der Waals surface area contributed by atoms with E-state index in [0.717, 1.165) is 23.8 Å². The molecule has 2 N–H and O–H groups in total. The Morgan fingerprint density at radius 2 is 2.12 bits per heavy atom. The lowest BCUT2D eigenvalue weighted by molar-refractivity contribution is 0.0486. The van der Waals surface area contributed by atoms with Crippen LogP contribution in [0.1, 0.15) is 28.9 Å². The lowest BCUT2D eigenvalue weighted by Gasteiger charge is -2.38. The van der Waals surface area contributed by atoms with Crippen LogP contribution in [0.2, 0.25) is 0 Å². The SMILES string of the molecule is O=C(NCC1(c2cccc(F)c2)CCOCC1)c1ccc2cn[nH]c2n1. The van der Waals surface area contributed by atoms with E-state index < -0.39 is 0 Å². The normalized spacial score (nSPS) is 16.5. The second-order valence-corrected chi connectivity index (χ2v) is 6.59. The third kappa shape index (κ3) is 3.17. The Bertz CT molecular complexity index is 934. The number of carbonyl (C=O) groups is 1. The maximum atomic E-state index is 13.7. The number of fused-ring (bicyclic) bond motifs is 1. The number of ether oxygens (including phenoxy) is 1. The quantitative estimate of drug-likeness (QED) is 0.755. The van der Waals surface area contributed by atoms with Crippen LogP contribution in [0.25, 0.3) is 11.0 Å². The van der Waals surface area contributed by atoms with Crippen LogP contribution in [-0.4, -0.2) is 40.8 Å².